The second-order valence-corrected chi connectivity index (χ2v) is 7.79. The highest BCUT2D eigenvalue weighted by atomic mass is 16.5. The number of aromatic amines is 1. The Labute approximate surface area is 175 Å². The molecule has 0 saturated carbocycles. The molecule has 2 fully saturated rings. The van der Waals surface area contributed by atoms with E-state index in [2.05, 4.69) is 4.98 Å². The number of ether oxygens (including phenoxy) is 1. The molecule has 0 atom stereocenters. The van der Waals surface area contributed by atoms with Crippen LogP contribution < -0.4 is 0 Å². The van der Waals surface area contributed by atoms with E-state index in [0.717, 1.165) is 10.9 Å². The molecule has 8 heteroatoms. The van der Waals surface area contributed by atoms with Gasteiger partial charge in [0, 0.05) is 63.0 Å². The molecule has 1 aromatic carbocycles. The van der Waals surface area contributed by atoms with Gasteiger partial charge in [-0.2, -0.15) is 0 Å². The summed E-state index contributed by atoms with van der Waals surface area (Å²) in [6, 6.07) is 9.69. The van der Waals surface area contributed by atoms with Gasteiger partial charge in [-0.1, -0.05) is 18.2 Å². The van der Waals surface area contributed by atoms with Crippen molar-refractivity contribution in [2.45, 2.75) is 19.3 Å². The fourth-order valence-corrected chi connectivity index (χ4v) is 4.04. The zero-order valence-corrected chi connectivity index (χ0v) is 17.1. The molecular formula is C22H28N4O4. The summed E-state index contributed by atoms with van der Waals surface area (Å²) in [5.74, 6) is 0.122. The van der Waals surface area contributed by atoms with E-state index in [9.17, 15) is 14.4 Å². The number of H-pyrrole nitrogens is 1. The topological polar surface area (TPSA) is 86.0 Å². The normalized spacial score (nSPS) is 17.4. The van der Waals surface area contributed by atoms with E-state index >= 15 is 0 Å². The molecule has 0 aliphatic carbocycles. The number of hydrogen-bond donors (Lipinski definition) is 1. The highest BCUT2D eigenvalue weighted by Gasteiger charge is 2.26. The van der Waals surface area contributed by atoms with E-state index in [-0.39, 0.29) is 17.7 Å². The lowest BCUT2D eigenvalue weighted by atomic mass is 10.2. The predicted molar refractivity (Wildman–Crippen MR) is 112 cm³/mol. The van der Waals surface area contributed by atoms with Gasteiger partial charge in [-0.25, -0.2) is 0 Å². The molecule has 3 amide bonds. The molecule has 160 valence electrons. The predicted octanol–water partition coefficient (Wildman–Crippen LogP) is 1.48. The van der Waals surface area contributed by atoms with Crippen LogP contribution in [0.5, 0.6) is 0 Å². The smallest absolute Gasteiger partial charge is 0.270 e. The monoisotopic (exact) mass is 412 g/mol. The number of benzene rings is 1. The summed E-state index contributed by atoms with van der Waals surface area (Å²) in [7, 11) is 0. The minimum Gasteiger partial charge on any atom is -0.378 e. The highest BCUT2D eigenvalue weighted by Crippen LogP contribution is 2.17. The number of nitrogens with zero attached hydrogens (tertiary/aromatic N) is 3. The minimum absolute atomic E-state index is 0.0330. The molecule has 0 unspecified atom stereocenters. The van der Waals surface area contributed by atoms with Gasteiger partial charge >= 0.3 is 0 Å². The third kappa shape index (κ3) is 4.64. The Morgan fingerprint density at radius 1 is 0.833 bits per heavy atom. The van der Waals surface area contributed by atoms with Gasteiger partial charge < -0.3 is 24.4 Å². The summed E-state index contributed by atoms with van der Waals surface area (Å²) < 4.78 is 5.26. The fourth-order valence-electron chi connectivity index (χ4n) is 4.04. The van der Waals surface area contributed by atoms with E-state index in [4.69, 9.17) is 4.74 Å². The third-order valence-corrected chi connectivity index (χ3v) is 5.83. The molecule has 2 aliphatic heterocycles. The zero-order valence-electron chi connectivity index (χ0n) is 17.1. The maximum absolute atomic E-state index is 12.8. The van der Waals surface area contributed by atoms with Crippen molar-refractivity contribution >= 4 is 28.6 Å². The summed E-state index contributed by atoms with van der Waals surface area (Å²) in [6.07, 6.45) is 1.32. The van der Waals surface area contributed by atoms with Crippen LogP contribution in [0.1, 0.15) is 29.8 Å². The SMILES string of the molecule is O=C(CCCC(=O)N1CCN(C(=O)c2cc3ccccc3[nH]2)CC1)N1CCOCC1. The quantitative estimate of drug-likeness (QED) is 0.806. The van der Waals surface area contributed by atoms with Gasteiger partial charge in [-0.05, 0) is 18.6 Å². The molecule has 4 rings (SSSR count). The lowest BCUT2D eigenvalue weighted by molar-refractivity contribution is -0.136. The van der Waals surface area contributed by atoms with Crippen molar-refractivity contribution in [3.8, 4) is 0 Å². The number of para-hydroxylation sites is 1. The number of rotatable bonds is 5. The summed E-state index contributed by atoms with van der Waals surface area (Å²) in [4.78, 5) is 46.0. The first-order chi connectivity index (χ1) is 14.6. The van der Waals surface area contributed by atoms with Crippen LogP contribution in [0.15, 0.2) is 30.3 Å². The fraction of sp³-hybridized carbons (Fsp3) is 0.500. The number of carbonyl (C=O) groups excluding carboxylic acids is 3. The van der Waals surface area contributed by atoms with Crippen LogP contribution in [0.4, 0.5) is 0 Å². The average molecular weight is 412 g/mol. The number of nitrogens with one attached hydrogen (secondary N) is 1. The van der Waals surface area contributed by atoms with Crippen molar-refractivity contribution in [2.75, 3.05) is 52.5 Å². The van der Waals surface area contributed by atoms with Crippen LogP contribution in [0.2, 0.25) is 0 Å². The van der Waals surface area contributed by atoms with Gasteiger partial charge in [0.1, 0.15) is 5.69 Å². The molecule has 0 radical (unpaired) electrons. The Hall–Kier alpha value is -2.87. The standard InChI is InChI=1S/C22H28N4O4/c27-20(6-3-7-21(28)25-12-14-30-15-13-25)24-8-10-26(11-9-24)22(29)19-16-17-4-1-2-5-18(17)23-19/h1-2,4-5,16,23H,3,6-15H2. The second-order valence-electron chi connectivity index (χ2n) is 7.79. The Kier molecular flexibility index (Phi) is 6.32. The number of carbonyl (C=O) groups is 3. The molecule has 1 N–H and O–H groups in total. The molecule has 2 aromatic rings. The van der Waals surface area contributed by atoms with Crippen molar-refractivity contribution in [1.82, 2.24) is 19.7 Å². The van der Waals surface area contributed by atoms with E-state index in [1.165, 1.54) is 0 Å². The molecule has 1 aromatic heterocycles. The zero-order chi connectivity index (χ0) is 20.9. The van der Waals surface area contributed by atoms with Gasteiger partial charge in [-0.15, -0.1) is 0 Å². The van der Waals surface area contributed by atoms with Crippen LogP contribution >= 0.6 is 0 Å². The molecule has 0 bridgehead atoms. The molecular weight excluding hydrogens is 384 g/mol. The van der Waals surface area contributed by atoms with Gasteiger partial charge in [0.2, 0.25) is 11.8 Å². The Bertz CT molecular complexity index is 878. The van der Waals surface area contributed by atoms with E-state index in [0.29, 0.717) is 77.4 Å². The maximum Gasteiger partial charge on any atom is 0.270 e. The van der Waals surface area contributed by atoms with Crippen LogP contribution in [0.3, 0.4) is 0 Å². The van der Waals surface area contributed by atoms with Crippen LogP contribution in [-0.4, -0.2) is 89.9 Å². The molecule has 3 heterocycles. The lowest BCUT2D eigenvalue weighted by Crippen LogP contribution is -2.50. The van der Waals surface area contributed by atoms with Gasteiger partial charge in [0.25, 0.3) is 5.91 Å². The average Bonchev–Trinajstić information content (AvgIpc) is 3.23. The number of piperazine rings is 1. The first-order valence-electron chi connectivity index (χ1n) is 10.6. The number of hydrogen-bond acceptors (Lipinski definition) is 4. The Balaban J connectivity index is 1.21. The third-order valence-electron chi connectivity index (χ3n) is 5.83. The van der Waals surface area contributed by atoms with Crippen molar-refractivity contribution in [3.63, 3.8) is 0 Å². The minimum atomic E-state index is -0.0330. The molecule has 0 spiro atoms. The van der Waals surface area contributed by atoms with Crippen LogP contribution in [0, 0.1) is 0 Å². The number of fused-ring (bicyclic) bond motifs is 1. The largest absolute Gasteiger partial charge is 0.378 e. The van der Waals surface area contributed by atoms with E-state index in [1.54, 1.807) is 9.80 Å². The second kappa shape index (κ2) is 9.30. The van der Waals surface area contributed by atoms with E-state index < -0.39 is 0 Å². The van der Waals surface area contributed by atoms with Crippen LogP contribution in [0.25, 0.3) is 10.9 Å². The lowest BCUT2D eigenvalue weighted by Gasteiger charge is -2.34. The summed E-state index contributed by atoms with van der Waals surface area (Å²) in [6.45, 7) is 4.56. The van der Waals surface area contributed by atoms with Gasteiger partial charge in [0.15, 0.2) is 0 Å². The Morgan fingerprint density at radius 2 is 1.43 bits per heavy atom. The summed E-state index contributed by atoms with van der Waals surface area (Å²) in [5.41, 5.74) is 1.53. The van der Waals surface area contributed by atoms with Crippen molar-refractivity contribution in [2.24, 2.45) is 0 Å². The van der Waals surface area contributed by atoms with Gasteiger partial charge in [-0.3, -0.25) is 14.4 Å². The highest BCUT2D eigenvalue weighted by molar-refractivity contribution is 5.98. The van der Waals surface area contributed by atoms with Crippen molar-refractivity contribution < 1.29 is 19.1 Å². The number of amides is 3. The molecule has 2 aliphatic rings. The van der Waals surface area contributed by atoms with E-state index in [1.807, 2.05) is 35.2 Å². The van der Waals surface area contributed by atoms with Gasteiger partial charge in [0.05, 0.1) is 13.2 Å². The van der Waals surface area contributed by atoms with Crippen molar-refractivity contribution in [1.29, 1.82) is 0 Å². The van der Waals surface area contributed by atoms with Crippen LogP contribution in [-0.2, 0) is 14.3 Å². The molecule has 2 saturated heterocycles. The van der Waals surface area contributed by atoms with Crippen molar-refractivity contribution in [3.05, 3.63) is 36.0 Å². The first-order valence-corrected chi connectivity index (χ1v) is 10.6. The number of aromatic nitrogens is 1. The summed E-state index contributed by atoms with van der Waals surface area (Å²) in [5, 5.41) is 1.02. The summed E-state index contributed by atoms with van der Waals surface area (Å²) >= 11 is 0. The maximum atomic E-state index is 12.8. The first kappa shape index (κ1) is 20.4. The molecule has 8 nitrogen and oxygen atoms in total. The number of morpholine rings is 1. The Morgan fingerprint density at radius 3 is 2.10 bits per heavy atom. The molecule has 30 heavy (non-hydrogen) atoms.